The van der Waals surface area contributed by atoms with E-state index in [1.807, 2.05) is 6.07 Å². The van der Waals surface area contributed by atoms with Crippen molar-refractivity contribution in [3.05, 3.63) is 18.3 Å². The van der Waals surface area contributed by atoms with E-state index in [9.17, 15) is 8.42 Å². The minimum atomic E-state index is -3.37. The molecule has 1 aromatic heterocycles. The lowest BCUT2D eigenvalue weighted by Crippen LogP contribution is -2.35. The van der Waals surface area contributed by atoms with E-state index >= 15 is 0 Å². The Bertz CT molecular complexity index is 639. The van der Waals surface area contributed by atoms with Crippen LogP contribution in [0.4, 0.5) is 5.82 Å². The van der Waals surface area contributed by atoms with Gasteiger partial charge in [0, 0.05) is 31.9 Å². The molecular weight excluding hydrogens is 322 g/mol. The lowest BCUT2D eigenvalue weighted by atomic mass is 9.95. The maximum atomic E-state index is 12.6. The van der Waals surface area contributed by atoms with Gasteiger partial charge in [-0.1, -0.05) is 20.3 Å². The van der Waals surface area contributed by atoms with Crippen molar-refractivity contribution in [2.45, 2.75) is 63.3 Å². The van der Waals surface area contributed by atoms with E-state index in [0.717, 1.165) is 25.2 Å². The van der Waals surface area contributed by atoms with Gasteiger partial charge in [-0.05, 0) is 50.2 Å². The Morgan fingerprint density at radius 3 is 2.58 bits per heavy atom. The maximum absolute atomic E-state index is 12.6. The predicted molar refractivity (Wildman–Crippen MR) is 96.7 cm³/mol. The van der Waals surface area contributed by atoms with Crippen molar-refractivity contribution in [1.29, 1.82) is 0 Å². The molecule has 3 rings (SSSR count). The van der Waals surface area contributed by atoms with Crippen LogP contribution in [0.1, 0.15) is 52.4 Å². The van der Waals surface area contributed by atoms with Crippen LogP contribution in [0.3, 0.4) is 0 Å². The van der Waals surface area contributed by atoms with Gasteiger partial charge >= 0.3 is 0 Å². The van der Waals surface area contributed by atoms with E-state index in [0.29, 0.717) is 29.9 Å². The molecule has 2 unspecified atom stereocenters. The number of hydrogen-bond donors (Lipinski definition) is 0. The van der Waals surface area contributed by atoms with Crippen molar-refractivity contribution in [1.82, 2.24) is 9.29 Å². The van der Waals surface area contributed by atoms with Crippen LogP contribution in [-0.2, 0) is 10.0 Å². The van der Waals surface area contributed by atoms with E-state index in [1.165, 1.54) is 25.7 Å². The zero-order chi connectivity index (χ0) is 17.2. The Balaban J connectivity index is 1.76. The van der Waals surface area contributed by atoms with E-state index < -0.39 is 10.0 Å². The van der Waals surface area contributed by atoms with Gasteiger partial charge in [0.15, 0.2) is 0 Å². The van der Waals surface area contributed by atoms with Crippen LogP contribution in [0.5, 0.6) is 0 Å². The summed E-state index contributed by atoms with van der Waals surface area (Å²) in [5, 5.41) is 0. The van der Waals surface area contributed by atoms with Crippen molar-refractivity contribution >= 4 is 15.8 Å². The highest BCUT2D eigenvalue weighted by Crippen LogP contribution is 2.31. The van der Waals surface area contributed by atoms with Gasteiger partial charge in [-0.2, -0.15) is 4.31 Å². The molecule has 0 saturated carbocycles. The molecule has 2 saturated heterocycles. The predicted octanol–water partition coefficient (Wildman–Crippen LogP) is 3.27. The Hall–Kier alpha value is -1.14. The van der Waals surface area contributed by atoms with Crippen LogP contribution in [0, 0.1) is 5.92 Å². The van der Waals surface area contributed by atoms with Gasteiger partial charge in [0.1, 0.15) is 10.7 Å². The lowest BCUT2D eigenvalue weighted by molar-refractivity contribution is 0.420. The molecule has 0 aromatic carbocycles. The monoisotopic (exact) mass is 351 g/mol. The number of nitrogens with zero attached hydrogens (tertiary/aromatic N) is 3. The Kier molecular flexibility index (Phi) is 5.45. The number of anilines is 1. The molecule has 0 aliphatic carbocycles. The summed E-state index contributed by atoms with van der Waals surface area (Å²) in [6.07, 6.45) is 8.27. The smallest absolute Gasteiger partial charge is 0.244 e. The summed E-state index contributed by atoms with van der Waals surface area (Å²) < 4.78 is 26.8. The fourth-order valence-electron chi connectivity index (χ4n) is 4.09. The molecular formula is C18H29N3O2S. The Labute approximate surface area is 146 Å². The van der Waals surface area contributed by atoms with E-state index in [-0.39, 0.29) is 0 Å². The van der Waals surface area contributed by atoms with Crippen molar-refractivity contribution in [3.63, 3.8) is 0 Å². The number of rotatable bonds is 6. The summed E-state index contributed by atoms with van der Waals surface area (Å²) >= 11 is 0. The first-order valence-corrected chi connectivity index (χ1v) is 10.7. The molecule has 0 bridgehead atoms. The van der Waals surface area contributed by atoms with Crippen LogP contribution in [0.25, 0.3) is 0 Å². The van der Waals surface area contributed by atoms with Gasteiger partial charge < -0.3 is 4.90 Å². The third-order valence-electron chi connectivity index (χ3n) is 5.42. The molecule has 0 N–H and O–H groups in total. The second-order valence-electron chi connectivity index (χ2n) is 7.13. The highest BCUT2D eigenvalue weighted by molar-refractivity contribution is 7.89. The number of pyridine rings is 1. The van der Waals surface area contributed by atoms with Gasteiger partial charge in [-0.25, -0.2) is 13.4 Å². The Morgan fingerprint density at radius 1 is 1.21 bits per heavy atom. The van der Waals surface area contributed by atoms with E-state index in [1.54, 1.807) is 16.6 Å². The van der Waals surface area contributed by atoms with Crippen LogP contribution >= 0.6 is 0 Å². The highest BCUT2D eigenvalue weighted by Gasteiger charge is 2.31. The fraction of sp³-hybridized carbons (Fsp3) is 0.722. The molecule has 0 spiro atoms. The summed E-state index contributed by atoms with van der Waals surface area (Å²) in [5.41, 5.74) is 0. The summed E-state index contributed by atoms with van der Waals surface area (Å²) in [5.74, 6) is 1.56. The van der Waals surface area contributed by atoms with Crippen molar-refractivity contribution < 1.29 is 8.42 Å². The third kappa shape index (κ3) is 3.45. The minimum Gasteiger partial charge on any atom is -0.353 e. The van der Waals surface area contributed by atoms with Gasteiger partial charge in [0.2, 0.25) is 10.0 Å². The molecule has 5 nitrogen and oxygen atoms in total. The van der Waals surface area contributed by atoms with Gasteiger partial charge in [0.25, 0.3) is 0 Å². The van der Waals surface area contributed by atoms with Crippen LogP contribution in [-0.4, -0.2) is 43.4 Å². The Morgan fingerprint density at radius 2 is 1.96 bits per heavy atom. The van der Waals surface area contributed by atoms with E-state index in [4.69, 9.17) is 0 Å². The normalized spacial score (nSPS) is 23.8. The molecule has 2 aliphatic heterocycles. The average molecular weight is 352 g/mol. The molecule has 2 fully saturated rings. The molecule has 0 amide bonds. The zero-order valence-corrected chi connectivity index (χ0v) is 15.6. The van der Waals surface area contributed by atoms with Crippen LogP contribution in [0.15, 0.2) is 23.2 Å². The highest BCUT2D eigenvalue weighted by atomic mass is 32.2. The molecule has 24 heavy (non-hydrogen) atoms. The molecule has 3 heterocycles. The number of sulfonamides is 1. The van der Waals surface area contributed by atoms with Crippen molar-refractivity contribution in [2.24, 2.45) is 5.92 Å². The SMILES string of the molecule is CCCC(C)C1CCCN1c1ccc(S(=O)(=O)N2CCCC2)cn1. The summed E-state index contributed by atoms with van der Waals surface area (Å²) in [4.78, 5) is 7.20. The standard InChI is InChI=1S/C18H29N3O2S/c1-3-7-15(2)17-8-6-13-21(17)18-10-9-16(14-19-18)24(22,23)20-11-4-5-12-20/h9-10,14-15,17H,3-8,11-13H2,1-2H3. The number of aromatic nitrogens is 1. The first-order chi connectivity index (χ1) is 11.5. The molecule has 0 radical (unpaired) electrons. The topological polar surface area (TPSA) is 53.5 Å². The minimum absolute atomic E-state index is 0.325. The first kappa shape index (κ1) is 17.7. The van der Waals surface area contributed by atoms with E-state index in [2.05, 4.69) is 23.7 Å². The van der Waals surface area contributed by atoms with Gasteiger partial charge in [-0.3, -0.25) is 0 Å². The van der Waals surface area contributed by atoms with Crippen molar-refractivity contribution in [3.8, 4) is 0 Å². The maximum Gasteiger partial charge on any atom is 0.244 e. The zero-order valence-electron chi connectivity index (χ0n) is 14.8. The lowest BCUT2D eigenvalue weighted by Gasteiger charge is -2.30. The molecule has 2 atom stereocenters. The first-order valence-electron chi connectivity index (χ1n) is 9.27. The van der Waals surface area contributed by atoms with Crippen molar-refractivity contribution in [2.75, 3.05) is 24.5 Å². The third-order valence-corrected chi connectivity index (χ3v) is 7.30. The molecule has 134 valence electrons. The second-order valence-corrected chi connectivity index (χ2v) is 9.07. The summed E-state index contributed by atoms with van der Waals surface area (Å²) in [6.45, 7) is 6.83. The van der Waals surface area contributed by atoms with Crippen LogP contribution < -0.4 is 4.90 Å². The molecule has 2 aliphatic rings. The molecule has 6 heteroatoms. The van der Waals surface area contributed by atoms with Gasteiger partial charge in [-0.15, -0.1) is 0 Å². The summed E-state index contributed by atoms with van der Waals surface area (Å²) in [7, 11) is -3.37. The fourth-order valence-corrected chi connectivity index (χ4v) is 5.55. The van der Waals surface area contributed by atoms with Crippen LogP contribution in [0.2, 0.25) is 0 Å². The largest absolute Gasteiger partial charge is 0.353 e. The number of hydrogen-bond acceptors (Lipinski definition) is 4. The second kappa shape index (κ2) is 7.40. The average Bonchev–Trinajstić information content (AvgIpc) is 3.27. The quantitative estimate of drug-likeness (QED) is 0.789. The summed E-state index contributed by atoms with van der Waals surface area (Å²) in [6, 6.07) is 4.15. The van der Waals surface area contributed by atoms with Gasteiger partial charge in [0.05, 0.1) is 0 Å². The molecule has 1 aromatic rings.